The molecule has 1 N–H and O–H groups in total. The van der Waals surface area contributed by atoms with E-state index in [0.717, 1.165) is 37.4 Å². The maximum atomic E-state index is 12.7. The Morgan fingerprint density at radius 1 is 1.07 bits per heavy atom. The van der Waals surface area contributed by atoms with Crippen molar-refractivity contribution in [3.8, 4) is 0 Å². The van der Waals surface area contributed by atoms with Gasteiger partial charge in [0.15, 0.2) is 0 Å². The molecule has 0 saturated carbocycles. The third-order valence-electron chi connectivity index (χ3n) is 4.59. The monoisotopic (exact) mass is 390 g/mol. The summed E-state index contributed by atoms with van der Waals surface area (Å²) in [5, 5.41) is 11.4. The summed E-state index contributed by atoms with van der Waals surface area (Å²) in [5.74, 6) is 0. The molecule has 0 amide bonds. The summed E-state index contributed by atoms with van der Waals surface area (Å²) in [6.07, 6.45) is 0. The predicted octanol–water partition coefficient (Wildman–Crippen LogP) is 2.46. The van der Waals surface area contributed by atoms with E-state index >= 15 is 0 Å². The first kappa shape index (κ1) is 19.1. The minimum Gasteiger partial charge on any atom is -0.369 e. The molecule has 9 heteroatoms. The van der Waals surface area contributed by atoms with Crippen LogP contribution in [0.5, 0.6) is 0 Å². The van der Waals surface area contributed by atoms with Crippen LogP contribution in [0.1, 0.15) is 5.56 Å². The number of nitro groups is 1. The molecule has 0 aromatic heterocycles. The molecule has 1 heterocycles. The first-order valence-electron chi connectivity index (χ1n) is 8.58. The van der Waals surface area contributed by atoms with E-state index in [1.807, 2.05) is 7.05 Å². The average molecular weight is 390 g/mol. The van der Waals surface area contributed by atoms with Crippen molar-refractivity contribution in [2.75, 3.05) is 42.8 Å². The van der Waals surface area contributed by atoms with Crippen LogP contribution in [0.3, 0.4) is 0 Å². The number of rotatable bonds is 5. The number of anilines is 2. The van der Waals surface area contributed by atoms with Crippen LogP contribution in [-0.2, 0) is 10.0 Å². The Bertz CT molecular complexity index is 954. The molecule has 0 radical (unpaired) electrons. The molecule has 144 valence electrons. The van der Waals surface area contributed by atoms with Crippen molar-refractivity contribution in [2.45, 2.75) is 11.8 Å². The second kappa shape index (κ2) is 7.53. The third kappa shape index (κ3) is 4.37. The molecule has 1 fully saturated rings. The van der Waals surface area contributed by atoms with E-state index in [-0.39, 0.29) is 16.3 Å². The van der Waals surface area contributed by atoms with Gasteiger partial charge in [0.1, 0.15) is 5.69 Å². The summed E-state index contributed by atoms with van der Waals surface area (Å²) in [4.78, 5) is 15.2. The molecule has 0 bridgehead atoms. The maximum absolute atomic E-state index is 12.7. The predicted molar refractivity (Wildman–Crippen MR) is 105 cm³/mol. The largest absolute Gasteiger partial charge is 0.369 e. The smallest absolute Gasteiger partial charge is 0.293 e. The number of nitrogens with zero attached hydrogens (tertiary/aromatic N) is 3. The molecule has 0 unspecified atom stereocenters. The summed E-state index contributed by atoms with van der Waals surface area (Å²) in [6.45, 7) is 5.09. The van der Waals surface area contributed by atoms with Gasteiger partial charge in [0, 0.05) is 37.9 Å². The van der Waals surface area contributed by atoms with E-state index in [0.29, 0.717) is 0 Å². The van der Waals surface area contributed by atoms with Gasteiger partial charge in [-0.3, -0.25) is 14.8 Å². The number of hydrogen-bond acceptors (Lipinski definition) is 6. The lowest BCUT2D eigenvalue weighted by Crippen LogP contribution is -2.44. The van der Waals surface area contributed by atoms with Crippen LogP contribution in [-0.4, -0.2) is 51.5 Å². The third-order valence-corrected chi connectivity index (χ3v) is 5.95. The molecule has 2 aromatic rings. The van der Waals surface area contributed by atoms with Crippen LogP contribution >= 0.6 is 0 Å². The van der Waals surface area contributed by atoms with Crippen LogP contribution in [0.2, 0.25) is 0 Å². The normalized spacial score (nSPS) is 15.6. The summed E-state index contributed by atoms with van der Waals surface area (Å²) in [7, 11) is -1.89. The van der Waals surface area contributed by atoms with Gasteiger partial charge >= 0.3 is 0 Å². The highest BCUT2D eigenvalue weighted by atomic mass is 32.2. The summed E-state index contributed by atoms with van der Waals surface area (Å²) in [5.41, 5.74) is 1.25. The van der Waals surface area contributed by atoms with Crippen molar-refractivity contribution in [2.24, 2.45) is 0 Å². The van der Waals surface area contributed by atoms with Crippen molar-refractivity contribution < 1.29 is 13.3 Å². The van der Waals surface area contributed by atoms with E-state index in [9.17, 15) is 18.5 Å². The lowest BCUT2D eigenvalue weighted by molar-refractivity contribution is -0.383. The zero-order chi connectivity index (χ0) is 19.6. The number of hydrogen-bond donors (Lipinski definition) is 1. The Morgan fingerprint density at radius 2 is 1.78 bits per heavy atom. The summed E-state index contributed by atoms with van der Waals surface area (Å²) >= 11 is 0. The fourth-order valence-electron chi connectivity index (χ4n) is 3.01. The molecule has 0 aliphatic carbocycles. The molecule has 0 spiro atoms. The fourth-order valence-corrected chi connectivity index (χ4v) is 4.18. The fraction of sp³-hybridized carbons (Fsp3) is 0.333. The van der Waals surface area contributed by atoms with Crippen molar-refractivity contribution >= 4 is 27.1 Å². The minimum atomic E-state index is -3.93. The lowest BCUT2D eigenvalue weighted by atomic mass is 10.2. The SMILES string of the molecule is Cc1cccc(S(=O)(=O)Nc2cc(N3CCN(C)CC3)ccc2[N+](=O)[O-])c1. The highest BCUT2D eigenvalue weighted by molar-refractivity contribution is 7.92. The number of aryl methyl sites for hydroxylation is 1. The van der Waals surface area contributed by atoms with Crippen molar-refractivity contribution in [3.05, 3.63) is 58.1 Å². The molecular weight excluding hydrogens is 368 g/mol. The zero-order valence-electron chi connectivity index (χ0n) is 15.3. The first-order chi connectivity index (χ1) is 12.8. The maximum Gasteiger partial charge on any atom is 0.293 e. The van der Waals surface area contributed by atoms with E-state index in [1.54, 1.807) is 25.1 Å². The van der Waals surface area contributed by atoms with Gasteiger partial charge in [-0.05, 0) is 43.8 Å². The Kier molecular flexibility index (Phi) is 5.33. The van der Waals surface area contributed by atoms with Crippen molar-refractivity contribution in [1.82, 2.24) is 4.90 Å². The van der Waals surface area contributed by atoms with Gasteiger partial charge in [0.25, 0.3) is 15.7 Å². The standard InChI is InChI=1S/C18H22N4O4S/c1-14-4-3-5-16(12-14)27(25,26)19-17-13-15(6-7-18(17)22(23)24)21-10-8-20(2)9-11-21/h3-7,12-13,19H,8-11H2,1-2H3. The van der Waals surface area contributed by atoms with Crippen molar-refractivity contribution in [1.29, 1.82) is 0 Å². The Hall–Kier alpha value is -2.65. The number of likely N-dealkylation sites (N-methyl/N-ethyl adjacent to an activating group) is 1. The molecule has 1 aliphatic rings. The lowest BCUT2D eigenvalue weighted by Gasteiger charge is -2.34. The first-order valence-corrected chi connectivity index (χ1v) is 10.1. The minimum absolute atomic E-state index is 0.0297. The number of sulfonamides is 1. The number of piperazine rings is 1. The molecule has 0 atom stereocenters. The summed E-state index contributed by atoms with van der Waals surface area (Å²) in [6, 6.07) is 11.0. The second-order valence-corrected chi connectivity index (χ2v) is 8.35. The van der Waals surface area contributed by atoms with Gasteiger partial charge in [-0.15, -0.1) is 0 Å². The van der Waals surface area contributed by atoms with Gasteiger partial charge in [-0.25, -0.2) is 8.42 Å². The highest BCUT2D eigenvalue weighted by Gasteiger charge is 2.23. The molecule has 8 nitrogen and oxygen atoms in total. The summed E-state index contributed by atoms with van der Waals surface area (Å²) < 4.78 is 27.8. The van der Waals surface area contributed by atoms with Gasteiger partial charge in [-0.2, -0.15) is 0 Å². The Morgan fingerprint density at radius 3 is 2.41 bits per heavy atom. The molecule has 1 saturated heterocycles. The Labute approximate surface area is 158 Å². The molecule has 27 heavy (non-hydrogen) atoms. The van der Waals surface area contributed by atoms with Crippen LogP contribution in [0.25, 0.3) is 0 Å². The molecule has 1 aliphatic heterocycles. The van der Waals surface area contributed by atoms with Crippen molar-refractivity contribution in [3.63, 3.8) is 0 Å². The van der Waals surface area contributed by atoms with E-state index in [1.165, 1.54) is 24.3 Å². The van der Waals surface area contributed by atoms with Crippen LogP contribution < -0.4 is 9.62 Å². The quantitative estimate of drug-likeness (QED) is 0.622. The topological polar surface area (TPSA) is 95.8 Å². The molecular formula is C18H22N4O4S. The van der Waals surface area contributed by atoms with Crippen LogP contribution in [0.15, 0.2) is 47.4 Å². The highest BCUT2D eigenvalue weighted by Crippen LogP contribution is 2.32. The Balaban J connectivity index is 1.95. The second-order valence-electron chi connectivity index (χ2n) is 6.67. The van der Waals surface area contributed by atoms with E-state index in [2.05, 4.69) is 14.5 Å². The molecule has 2 aromatic carbocycles. The number of benzene rings is 2. The van der Waals surface area contributed by atoms with Gasteiger partial charge in [-0.1, -0.05) is 12.1 Å². The van der Waals surface area contributed by atoms with Gasteiger partial charge < -0.3 is 9.80 Å². The zero-order valence-corrected chi connectivity index (χ0v) is 16.1. The van der Waals surface area contributed by atoms with Gasteiger partial charge in [0.2, 0.25) is 0 Å². The van der Waals surface area contributed by atoms with E-state index < -0.39 is 14.9 Å². The molecule has 3 rings (SSSR count). The average Bonchev–Trinajstić information content (AvgIpc) is 2.62. The van der Waals surface area contributed by atoms with E-state index in [4.69, 9.17) is 0 Å². The van der Waals surface area contributed by atoms with Crippen LogP contribution in [0, 0.1) is 17.0 Å². The number of nitro benzene ring substituents is 1. The van der Waals surface area contributed by atoms with Crippen LogP contribution in [0.4, 0.5) is 17.1 Å². The van der Waals surface area contributed by atoms with Gasteiger partial charge in [0.05, 0.1) is 9.82 Å². The number of nitrogens with one attached hydrogen (secondary N) is 1.